The SMILES string of the molecule is CC1(C)CCCN(C(=O)N2CCC(O)CC2)C1C(=O)O. The largest absolute Gasteiger partial charge is 0.480 e. The summed E-state index contributed by atoms with van der Waals surface area (Å²) in [5, 5.41) is 19.0. The van der Waals surface area contributed by atoms with Gasteiger partial charge < -0.3 is 20.0 Å². The molecule has 1 atom stereocenters. The van der Waals surface area contributed by atoms with Crippen molar-refractivity contribution in [2.75, 3.05) is 19.6 Å². The molecule has 1 unspecified atom stereocenters. The molecule has 2 amide bonds. The number of amides is 2. The first-order valence-electron chi connectivity index (χ1n) is 7.29. The Labute approximate surface area is 119 Å². The summed E-state index contributed by atoms with van der Waals surface area (Å²) in [5.41, 5.74) is -0.408. The zero-order valence-electron chi connectivity index (χ0n) is 12.2. The molecular weight excluding hydrogens is 260 g/mol. The van der Waals surface area contributed by atoms with Crippen LogP contribution in [-0.2, 0) is 4.79 Å². The number of aliphatic carboxylic acids is 1. The second-order valence-corrected chi connectivity index (χ2v) is 6.53. The molecule has 0 saturated carbocycles. The lowest BCUT2D eigenvalue weighted by Crippen LogP contribution is -2.60. The number of likely N-dealkylation sites (tertiary alicyclic amines) is 2. The summed E-state index contributed by atoms with van der Waals surface area (Å²) in [6.45, 7) is 5.32. The monoisotopic (exact) mass is 284 g/mol. The van der Waals surface area contributed by atoms with E-state index in [0.717, 1.165) is 12.8 Å². The van der Waals surface area contributed by atoms with Gasteiger partial charge in [-0.05, 0) is 31.1 Å². The normalized spacial score (nSPS) is 27.4. The van der Waals surface area contributed by atoms with E-state index in [1.165, 1.54) is 4.90 Å². The van der Waals surface area contributed by atoms with E-state index >= 15 is 0 Å². The van der Waals surface area contributed by atoms with Crippen molar-refractivity contribution in [3.63, 3.8) is 0 Å². The van der Waals surface area contributed by atoms with E-state index < -0.39 is 17.4 Å². The number of rotatable bonds is 1. The van der Waals surface area contributed by atoms with Gasteiger partial charge in [0.25, 0.3) is 0 Å². The van der Waals surface area contributed by atoms with Gasteiger partial charge in [-0.25, -0.2) is 9.59 Å². The number of hydrogen-bond acceptors (Lipinski definition) is 3. The van der Waals surface area contributed by atoms with Gasteiger partial charge in [-0.1, -0.05) is 13.8 Å². The first-order valence-corrected chi connectivity index (χ1v) is 7.29. The Bertz CT molecular complexity index is 389. The van der Waals surface area contributed by atoms with Crippen LogP contribution in [0.25, 0.3) is 0 Å². The maximum Gasteiger partial charge on any atom is 0.327 e. The predicted octanol–water partition coefficient (Wildman–Crippen LogP) is 1.14. The third-order valence-corrected chi connectivity index (χ3v) is 4.49. The predicted molar refractivity (Wildman–Crippen MR) is 73.4 cm³/mol. The van der Waals surface area contributed by atoms with E-state index in [1.807, 2.05) is 13.8 Å². The molecule has 0 aromatic rings. The van der Waals surface area contributed by atoms with E-state index in [9.17, 15) is 19.8 Å². The first-order chi connectivity index (χ1) is 9.33. The van der Waals surface area contributed by atoms with Crippen LogP contribution in [-0.4, -0.2) is 63.8 Å². The number of carboxylic acids is 1. The van der Waals surface area contributed by atoms with Gasteiger partial charge in [-0.15, -0.1) is 0 Å². The van der Waals surface area contributed by atoms with Gasteiger partial charge >= 0.3 is 12.0 Å². The second-order valence-electron chi connectivity index (χ2n) is 6.53. The minimum absolute atomic E-state index is 0.197. The minimum Gasteiger partial charge on any atom is -0.480 e. The number of carbonyl (C=O) groups is 2. The maximum absolute atomic E-state index is 12.6. The summed E-state index contributed by atoms with van der Waals surface area (Å²) in [4.78, 5) is 27.3. The number of nitrogens with zero attached hydrogens (tertiary/aromatic N) is 2. The van der Waals surface area contributed by atoms with Gasteiger partial charge in [0.1, 0.15) is 6.04 Å². The molecule has 2 aliphatic heterocycles. The number of aliphatic hydroxyl groups is 1. The highest BCUT2D eigenvalue weighted by atomic mass is 16.4. The highest BCUT2D eigenvalue weighted by Crippen LogP contribution is 2.36. The number of piperidine rings is 2. The smallest absolute Gasteiger partial charge is 0.327 e. The molecule has 0 aromatic heterocycles. The fraction of sp³-hybridized carbons (Fsp3) is 0.857. The molecule has 2 fully saturated rings. The van der Waals surface area contributed by atoms with Gasteiger partial charge in [0.2, 0.25) is 0 Å². The number of carboxylic acid groups (broad SMARTS) is 1. The molecule has 0 radical (unpaired) electrons. The number of hydrogen-bond donors (Lipinski definition) is 2. The Kier molecular flexibility index (Phi) is 4.22. The average molecular weight is 284 g/mol. The second kappa shape index (κ2) is 5.60. The fourth-order valence-corrected chi connectivity index (χ4v) is 3.31. The van der Waals surface area contributed by atoms with Gasteiger partial charge in [0.05, 0.1) is 6.10 Å². The van der Waals surface area contributed by atoms with Crippen LogP contribution >= 0.6 is 0 Å². The summed E-state index contributed by atoms with van der Waals surface area (Å²) in [6, 6.07) is -0.965. The van der Waals surface area contributed by atoms with Gasteiger partial charge in [-0.3, -0.25) is 0 Å². The summed E-state index contributed by atoms with van der Waals surface area (Å²) < 4.78 is 0. The molecular formula is C14H24N2O4. The Balaban J connectivity index is 2.12. The summed E-state index contributed by atoms with van der Waals surface area (Å²) in [7, 11) is 0. The lowest BCUT2D eigenvalue weighted by atomic mass is 9.76. The highest BCUT2D eigenvalue weighted by Gasteiger charge is 2.45. The first kappa shape index (κ1) is 15.1. The van der Waals surface area contributed by atoms with E-state index in [4.69, 9.17) is 0 Å². The molecule has 2 aliphatic rings. The molecule has 20 heavy (non-hydrogen) atoms. The van der Waals surface area contributed by atoms with Crippen molar-refractivity contribution in [2.45, 2.75) is 51.7 Å². The summed E-state index contributed by atoms with van der Waals surface area (Å²) in [6.07, 6.45) is 2.44. The van der Waals surface area contributed by atoms with Crippen LogP contribution in [0, 0.1) is 5.41 Å². The highest BCUT2D eigenvalue weighted by molar-refractivity contribution is 5.83. The molecule has 0 spiro atoms. The van der Waals surface area contributed by atoms with E-state index in [2.05, 4.69) is 0 Å². The van der Waals surface area contributed by atoms with Crippen molar-refractivity contribution in [2.24, 2.45) is 5.41 Å². The minimum atomic E-state index is -0.930. The zero-order chi connectivity index (χ0) is 14.9. The standard InChI is InChI=1S/C14H24N2O4/c1-14(2)6-3-7-16(11(14)12(18)19)13(20)15-8-4-10(17)5-9-15/h10-11,17H,3-9H2,1-2H3,(H,18,19). The third kappa shape index (κ3) is 2.90. The molecule has 2 heterocycles. The zero-order valence-corrected chi connectivity index (χ0v) is 12.2. The van der Waals surface area contributed by atoms with Crippen molar-refractivity contribution in [1.29, 1.82) is 0 Å². The molecule has 114 valence electrons. The van der Waals surface area contributed by atoms with Gasteiger partial charge in [0, 0.05) is 19.6 Å². The van der Waals surface area contributed by atoms with Crippen molar-refractivity contribution in [1.82, 2.24) is 9.80 Å². The molecule has 6 nitrogen and oxygen atoms in total. The van der Waals surface area contributed by atoms with Crippen LogP contribution < -0.4 is 0 Å². The summed E-state index contributed by atoms with van der Waals surface area (Å²) >= 11 is 0. The van der Waals surface area contributed by atoms with Crippen LogP contribution in [0.3, 0.4) is 0 Å². The number of aliphatic hydroxyl groups excluding tert-OH is 1. The molecule has 2 rings (SSSR count). The molecule has 0 bridgehead atoms. The van der Waals surface area contributed by atoms with Crippen LogP contribution in [0.2, 0.25) is 0 Å². The Hall–Kier alpha value is -1.30. The van der Waals surface area contributed by atoms with Crippen LogP contribution in [0.4, 0.5) is 4.79 Å². The summed E-state index contributed by atoms with van der Waals surface area (Å²) in [5.74, 6) is -0.930. The fourth-order valence-electron chi connectivity index (χ4n) is 3.31. The van der Waals surface area contributed by atoms with E-state index in [0.29, 0.717) is 32.5 Å². The molecule has 2 N–H and O–H groups in total. The van der Waals surface area contributed by atoms with E-state index in [-0.39, 0.29) is 12.1 Å². The van der Waals surface area contributed by atoms with Crippen LogP contribution in [0.15, 0.2) is 0 Å². The van der Waals surface area contributed by atoms with Crippen LogP contribution in [0.1, 0.15) is 39.5 Å². The average Bonchev–Trinajstić information content (AvgIpc) is 2.36. The van der Waals surface area contributed by atoms with Crippen molar-refractivity contribution >= 4 is 12.0 Å². The Morgan fingerprint density at radius 1 is 1.15 bits per heavy atom. The van der Waals surface area contributed by atoms with Crippen molar-refractivity contribution in [3.05, 3.63) is 0 Å². The Morgan fingerprint density at radius 3 is 2.30 bits per heavy atom. The molecule has 2 saturated heterocycles. The Morgan fingerprint density at radius 2 is 1.75 bits per heavy atom. The number of carbonyl (C=O) groups excluding carboxylic acids is 1. The number of urea groups is 1. The lowest BCUT2D eigenvalue weighted by molar-refractivity contribution is -0.148. The maximum atomic E-state index is 12.6. The molecule has 0 aromatic carbocycles. The third-order valence-electron chi connectivity index (χ3n) is 4.49. The molecule has 0 aliphatic carbocycles. The van der Waals surface area contributed by atoms with Crippen molar-refractivity contribution < 1.29 is 19.8 Å². The topological polar surface area (TPSA) is 81.1 Å². The van der Waals surface area contributed by atoms with Crippen LogP contribution in [0.5, 0.6) is 0 Å². The quantitative estimate of drug-likeness (QED) is 0.756. The molecule has 6 heteroatoms. The lowest BCUT2D eigenvalue weighted by Gasteiger charge is -2.46. The van der Waals surface area contributed by atoms with Crippen molar-refractivity contribution in [3.8, 4) is 0 Å². The van der Waals surface area contributed by atoms with Gasteiger partial charge in [-0.2, -0.15) is 0 Å². The van der Waals surface area contributed by atoms with E-state index in [1.54, 1.807) is 4.90 Å². The van der Waals surface area contributed by atoms with Gasteiger partial charge in [0.15, 0.2) is 0 Å².